The second-order valence-electron chi connectivity index (χ2n) is 8.30. The molecule has 0 aromatic heterocycles. The summed E-state index contributed by atoms with van der Waals surface area (Å²) < 4.78 is 1.10. The molecule has 0 N–H and O–H groups in total. The van der Waals surface area contributed by atoms with Crippen molar-refractivity contribution in [2.24, 2.45) is 0 Å². The monoisotopic (exact) mass is 487 g/mol. The standard InChI is InChI=1S/C31H22BrN/c32-27-20-12-22-29-30(27)31(23-13-4-1-5-14-23,24-15-6-2-7-16-24)26-19-10-11-21-28(26)33(29)25-17-8-3-9-18-25/h1-22H. The second kappa shape index (κ2) is 8.06. The van der Waals surface area contributed by atoms with Crippen molar-refractivity contribution in [1.29, 1.82) is 0 Å². The lowest BCUT2D eigenvalue weighted by molar-refractivity contribution is 0.727. The molecule has 0 amide bonds. The molecule has 0 fully saturated rings. The van der Waals surface area contributed by atoms with Gasteiger partial charge in [0.05, 0.1) is 16.8 Å². The van der Waals surface area contributed by atoms with E-state index in [1.54, 1.807) is 0 Å². The van der Waals surface area contributed by atoms with Crippen molar-refractivity contribution in [3.63, 3.8) is 0 Å². The van der Waals surface area contributed by atoms with Gasteiger partial charge in [-0.15, -0.1) is 0 Å². The lowest BCUT2D eigenvalue weighted by atomic mass is 9.62. The molecule has 0 saturated carbocycles. The number of halogens is 1. The van der Waals surface area contributed by atoms with E-state index >= 15 is 0 Å². The van der Waals surface area contributed by atoms with Crippen molar-refractivity contribution in [1.82, 2.24) is 0 Å². The lowest BCUT2D eigenvalue weighted by Gasteiger charge is -2.47. The van der Waals surface area contributed by atoms with E-state index in [-0.39, 0.29) is 0 Å². The predicted octanol–water partition coefficient (Wildman–Crippen LogP) is 8.62. The Kier molecular flexibility index (Phi) is 4.89. The fraction of sp³-hybridized carbons (Fsp3) is 0.0323. The minimum atomic E-state index is -0.459. The van der Waals surface area contributed by atoms with E-state index in [9.17, 15) is 0 Å². The summed E-state index contributed by atoms with van der Waals surface area (Å²) in [6, 6.07) is 47.8. The number of benzene rings is 5. The fourth-order valence-electron chi connectivity index (χ4n) is 5.32. The summed E-state index contributed by atoms with van der Waals surface area (Å²) >= 11 is 3.98. The second-order valence-corrected chi connectivity index (χ2v) is 9.16. The van der Waals surface area contributed by atoms with Gasteiger partial charge < -0.3 is 4.90 Å². The van der Waals surface area contributed by atoms with E-state index in [0.29, 0.717) is 0 Å². The molecular weight excluding hydrogens is 466 g/mol. The average Bonchev–Trinajstić information content (AvgIpc) is 2.89. The number of para-hydroxylation sites is 2. The maximum Gasteiger partial charge on any atom is 0.0753 e. The third-order valence-corrected chi connectivity index (χ3v) is 7.25. The summed E-state index contributed by atoms with van der Waals surface area (Å²) in [7, 11) is 0. The van der Waals surface area contributed by atoms with Gasteiger partial charge in [0, 0.05) is 15.7 Å². The van der Waals surface area contributed by atoms with Gasteiger partial charge in [-0.3, -0.25) is 0 Å². The molecule has 33 heavy (non-hydrogen) atoms. The highest BCUT2D eigenvalue weighted by atomic mass is 79.9. The molecule has 0 atom stereocenters. The van der Waals surface area contributed by atoms with Crippen LogP contribution in [0.4, 0.5) is 17.1 Å². The Labute approximate surface area is 203 Å². The Balaban J connectivity index is 1.81. The van der Waals surface area contributed by atoms with Crippen LogP contribution in [-0.2, 0) is 5.41 Å². The van der Waals surface area contributed by atoms with Crippen LogP contribution in [-0.4, -0.2) is 0 Å². The molecule has 1 aliphatic rings. The van der Waals surface area contributed by atoms with Crippen LogP contribution < -0.4 is 4.90 Å². The van der Waals surface area contributed by atoms with Crippen LogP contribution in [0, 0.1) is 0 Å². The summed E-state index contributed by atoms with van der Waals surface area (Å²) in [5.74, 6) is 0. The van der Waals surface area contributed by atoms with Crippen LogP contribution in [0.1, 0.15) is 22.3 Å². The molecule has 6 rings (SSSR count). The van der Waals surface area contributed by atoms with Crippen molar-refractivity contribution in [2.75, 3.05) is 4.90 Å². The normalized spacial score (nSPS) is 13.8. The molecule has 1 heterocycles. The first-order valence-corrected chi connectivity index (χ1v) is 12.0. The Hall–Kier alpha value is -3.62. The number of hydrogen-bond donors (Lipinski definition) is 0. The third kappa shape index (κ3) is 2.98. The zero-order valence-corrected chi connectivity index (χ0v) is 19.6. The van der Waals surface area contributed by atoms with Crippen molar-refractivity contribution in [2.45, 2.75) is 5.41 Å². The fourth-order valence-corrected chi connectivity index (χ4v) is 5.97. The summed E-state index contributed by atoms with van der Waals surface area (Å²) in [6.45, 7) is 0. The molecule has 5 aromatic carbocycles. The molecule has 1 nitrogen and oxygen atoms in total. The summed E-state index contributed by atoms with van der Waals surface area (Å²) in [5, 5.41) is 0. The van der Waals surface area contributed by atoms with Gasteiger partial charge in [0.2, 0.25) is 0 Å². The van der Waals surface area contributed by atoms with Crippen LogP contribution in [0.25, 0.3) is 0 Å². The zero-order valence-electron chi connectivity index (χ0n) is 18.0. The number of fused-ring (bicyclic) bond motifs is 2. The SMILES string of the molecule is Brc1cccc2c1C(c1ccccc1)(c1ccccc1)c1ccccc1N2c1ccccc1. The Morgan fingerprint density at radius 2 is 1.00 bits per heavy atom. The van der Waals surface area contributed by atoms with Crippen molar-refractivity contribution >= 4 is 33.0 Å². The number of rotatable bonds is 3. The zero-order chi connectivity index (χ0) is 22.3. The molecule has 158 valence electrons. The molecule has 5 aromatic rings. The van der Waals surface area contributed by atoms with Crippen LogP contribution in [0.15, 0.2) is 138 Å². The predicted molar refractivity (Wildman–Crippen MR) is 141 cm³/mol. The van der Waals surface area contributed by atoms with Gasteiger partial charge >= 0.3 is 0 Å². The molecular formula is C31H22BrN. The van der Waals surface area contributed by atoms with Gasteiger partial charge in [-0.2, -0.15) is 0 Å². The van der Waals surface area contributed by atoms with Crippen molar-refractivity contribution < 1.29 is 0 Å². The third-order valence-electron chi connectivity index (χ3n) is 6.58. The number of hydrogen-bond acceptors (Lipinski definition) is 1. The van der Waals surface area contributed by atoms with E-state index in [1.165, 1.54) is 33.6 Å². The first kappa shape index (κ1) is 20.0. The highest BCUT2D eigenvalue weighted by Crippen LogP contribution is 2.59. The molecule has 0 spiro atoms. The van der Waals surface area contributed by atoms with Crippen molar-refractivity contribution in [3.05, 3.63) is 160 Å². The van der Waals surface area contributed by atoms with Crippen LogP contribution >= 0.6 is 15.9 Å². The van der Waals surface area contributed by atoms with Crippen LogP contribution in [0.2, 0.25) is 0 Å². The quantitative estimate of drug-likeness (QED) is 0.241. The minimum Gasteiger partial charge on any atom is -0.310 e. The molecule has 0 radical (unpaired) electrons. The first-order chi connectivity index (χ1) is 16.3. The van der Waals surface area contributed by atoms with Gasteiger partial charge in [-0.25, -0.2) is 0 Å². The van der Waals surface area contributed by atoms with Crippen LogP contribution in [0.5, 0.6) is 0 Å². The van der Waals surface area contributed by atoms with Gasteiger partial charge in [-0.1, -0.05) is 119 Å². The largest absolute Gasteiger partial charge is 0.310 e. The molecule has 0 unspecified atom stereocenters. The highest BCUT2D eigenvalue weighted by molar-refractivity contribution is 9.10. The number of anilines is 3. The molecule has 0 bridgehead atoms. The van der Waals surface area contributed by atoms with E-state index in [4.69, 9.17) is 0 Å². The van der Waals surface area contributed by atoms with E-state index < -0.39 is 5.41 Å². The maximum atomic E-state index is 3.98. The van der Waals surface area contributed by atoms with Gasteiger partial charge in [0.15, 0.2) is 0 Å². The average molecular weight is 488 g/mol. The highest BCUT2D eigenvalue weighted by Gasteiger charge is 2.47. The molecule has 0 saturated heterocycles. The van der Waals surface area contributed by atoms with E-state index in [2.05, 4.69) is 154 Å². The first-order valence-electron chi connectivity index (χ1n) is 11.2. The van der Waals surface area contributed by atoms with E-state index in [0.717, 1.165) is 10.2 Å². The van der Waals surface area contributed by atoms with Gasteiger partial charge in [0.25, 0.3) is 0 Å². The summed E-state index contributed by atoms with van der Waals surface area (Å²) in [5.41, 5.74) is 8.10. The minimum absolute atomic E-state index is 0.459. The Bertz CT molecular complexity index is 1370. The van der Waals surface area contributed by atoms with Gasteiger partial charge in [0.1, 0.15) is 0 Å². The maximum absolute atomic E-state index is 3.98. The summed E-state index contributed by atoms with van der Waals surface area (Å²) in [4.78, 5) is 2.39. The molecule has 1 aliphatic heterocycles. The Morgan fingerprint density at radius 3 is 1.64 bits per heavy atom. The smallest absolute Gasteiger partial charge is 0.0753 e. The molecule has 2 heteroatoms. The Morgan fingerprint density at radius 1 is 0.485 bits per heavy atom. The number of nitrogens with zero attached hydrogens (tertiary/aromatic N) is 1. The summed E-state index contributed by atoms with van der Waals surface area (Å²) in [6.07, 6.45) is 0. The molecule has 0 aliphatic carbocycles. The topological polar surface area (TPSA) is 3.24 Å². The lowest BCUT2D eigenvalue weighted by Crippen LogP contribution is -2.38. The van der Waals surface area contributed by atoms with E-state index in [1.807, 2.05) is 0 Å². The van der Waals surface area contributed by atoms with Crippen LogP contribution in [0.3, 0.4) is 0 Å². The van der Waals surface area contributed by atoms with Gasteiger partial charge in [-0.05, 0) is 47.0 Å². The van der Waals surface area contributed by atoms with Crippen molar-refractivity contribution in [3.8, 4) is 0 Å².